The van der Waals surface area contributed by atoms with Crippen LogP contribution in [0.1, 0.15) is 15.9 Å². The van der Waals surface area contributed by atoms with Crippen LogP contribution >= 0.6 is 0 Å². The number of carbonyl (C=O) groups is 3. The van der Waals surface area contributed by atoms with E-state index in [9.17, 15) is 14.4 Å². The van der Waals surface area contributed by atoms with Crippen LogP contribution in [0.2, 0.25) is 0 Å². The highest BCUT2D eigenvalue weighted by atomic mass is 16.5. The molecule has 0 spiro atoms. The quantitative estimate of drug-likeness (QED) is 0.726. The first kappa shape index (κ1) is 16.2. The van der Waals surface area contributed by atoms with Gasteiger partial charge in [-0.25, -0.2) is 0 Å². The standard InChI is InChI=1S/C14H14N2O5/c1-20-12(17)8-16(9-13(18)21-2)14(19)11-5-3-10(7-15)4-6-11/h3-6H,8-9H2,1-2H3. The molecule has 1 aromatic carbocycles. The van der Waals surface area contributed by atoms with E-state index in [0.29, 0.717) is 5.56 Å². The Bertz CT molecular complexity index is 556. The molecule has 0 N–H and O–H groups in total. The van der Waals surface area contributed by atoms with E-state index in [0.717, 1.165) is 4.90 Å². The highest BCUT2D eigenvalue weighted by Crippen LogP contribution is 2.08. The van der Waals surface area contributed by atoms with E-state index in [1.54, 1.807) is 0 Å². The van der Waals surface area contributed by atoms with Crippen molar-refractivity contribution in [3.63, 3.8) is 0 Å². The Balaban J connectivity index is 2.94. The smallest absolute Gasteiger partial charge is 0.325 e. The number of ether oxygens (including phenoxy) is 2. The van der Waals surface area contributed by atoms with Crippen LogP contribution < -0.4 is 0 Å². The van der Waals surface area contributed by atoms with Crippen molar-refractivity contribution >= 4 is 17.8 Å². The van der Waals surface area contributed by atoms with Gasteiger partial charge in [-0.2, -0.15) is 5.26 Å². The summed E-state index contributed by atoms with van der Waals surface area (Å²) in [6.07, 6.45) is 0. The first-order chi connectivity index (χ1) is 10.0. The Labute approximate surface area is 121 Å². The molecule has 1 aromatic rings. The molecule has 0 aliphatic rings. The third-order valence-electron chi connectivity index (χ3n) is 2.64. The summed E-state index contributed by atoms with van der Waals surface area (Å²) in [5.41, 5.74) is 0.654. The van der Waals surface area contributed by atoms with Gasteiger partial charge in [0.25, 0.3) is 5.91 Å². The fourth-order valence-electron chi connectivity index (χ4n) is 1.51. The maximum atomic E-state index is 12.3. The van der Waals surface area contributed by atoms with Crippen LogP contribution in [0.15, 0.2) is 24.3 Å². The maximum Gasteiger partial charge on any atom is 0.325 e. The molecule has 0 saturated carbocycles. The summed E-state index contributed by atoms with van der Waals surface area (Å²) in [4.78, 5) is 35.9. The molecule has 0 bridgehead atoms. The number of methoxy groups -OCH3 is 2. The van der Waals surface area contributed by atoms with Crippen LogP contribution in [0.3, 0.4) is 0 Å². The zero-order chi connectivity index (χ0) is 15.8. The van der Waals surface area contributed by atoms with Gasteiger partial charge >= 0.3 is 11.9 Å². The Kier molecular flexibility index (Phi) is 5.89. The number of nitriles is 1. The molecule has 0 aliphatic carbocycles. The van der Waals surface area contributed by atoms with Crippen LogP contribution in [-0.2, 0) is 19.1 Å². The number of amides is 1. The van der Waals surface area contributed by atoms with Crippen LogP contribution in [0.25, 0.3) is 0 Å². The average Bonchev–Trinajstić information content (AvgIpc) is 2.53. The number of carbonyl (C=O) groups excluding carboxylic acids is 3. The summed E-state index contributed by atoms with van der Waals surface area (Å²) in [5, 5.41) is 8.71. The van der Waals surface area contributed by atoms with Gasteiger partial charge in [0.15, 0.2) is 0 Å². The largest absolute Gasteiger partial charge is 0.468 e. The predicted octanol–water partition coefficient (Wildman–Crippen LogP) is 0.346. The first-order valence-corrected chi connectivity index (χ1v) is 5.95. The average molecular weight is 290 g/mol. The number of hydrogen-bond acceptors (Lipinski definition) is 6. The molecule has 21 heavy (non-hydrogen) atoms. The van der Waals surface area contributed by atoms with Crippen molar-refractivity contribution in [2.75, 3.05) is 27.3 Å². The van der Waals surface area contributed by atoms with Crippen molar-refractivity contribution in [3.8, 4) is 6.07 Å². The molecule has 7 heteroatoms. The summed E-state index contributed by atoms with van der Waals surface area (Å²) >= 11 is 0. The van der Waals surface area contributed by atoms with Gasteiger partial charge in [-0.05, 0) is 24.3 Å². The Morgan fingerprint density at radius 2 is 1.52 bits per heavy atom. The third kappa shape index (κ3) is 4.62. The highest BCUT2D eigenvalue weighted by molar-refractivity contribution is 5.97. The topological polar surface area (TPSA) is 96.7 Å². The zero-order valence-corrected chi connectivity index (χ0v) is 11.7. The van der Waals surface area contributed by atoms with E-state index < -0.39 is 17.8 Å². The van der Waals surface area contributed by atoms with Gasteiger partial charge < -0.3 is 14.4 Å². The fourth-order valence-corrected chi connectivity index (χ4v) is 1.51. The van der Waals surface area contributed by atoms with E-state index in [1.165, 1.54) is 38.5 Å². The molecule has 0 aliphatic heterocycles. The van der Waals surface area contributed by atoms with Crippen molar-refractivity contribution in [1.29, 1.82) is 5.26 Å². The summed E-state index contributed by atoms with van der Waals surface area (Å²) in [5.74, 6) is -1.84. The van der Waals surface area contributed by atoms with E-state index in [4.69, 9.17) is 5.26 Å². The molecular formula is C14H14N2O5. The van der Waals surface area contributed by atoms with Crippen molar-refractivity contribution in [3.05, 3.63) is 35.4 Å². The van der Waals surface area contributed by atoms with E-state index >= 15 is 0 Å². The van der Waals surface area contributed by atoms with E-state index in [2.05, 4.69) is 9.47 Å². The second-order valence-electron chi connectivity index (χ2n) is 4.00. The summed E-state index contributed by atoms with van der Waals surface area (Å²) < 4.78 is 8.98. The number of rotatable bonds is 5. The minimum absolute atomic E-state index is 0.252. The van der Waals surface area contributed by atoms with Gasteiger partial charge in [0.05, 0.1) is 25.9 Å². The predicted molar refractivity (Wildman–Crippen MR) is 71.1 cm³/mol. The molecule has 0 radical (unpaired) electrons. The van der Waals surface area contributed by atoms with Crippen molar-refractivity contribution in [2.24, 2.45) is 0 Å². The van der Waals surface area contributed by atoms with Crippen LogP contribution in [0, 0.1) is 11.3 Å². The first-order valence-electron chi connectivity index (χ1n) is 5.95. The number of nitrogens with zero attached hydrogens (tertiary/aromatic N) is 2. The number of hydrogen-bond donors (Lipinski definition) is 0. The minimum atomic E-state index is -0.652. The number of esters is 2. The molecule has 1 amide bonds. The normalized spacial score (nSPS) is 9.38. The fraction of sp³-hybridized carbons (Fsp3) is 0.286. The van der Waals surface area contributed by atoms with Gasteiger partial charge in [-0.1, -0.05) is 0 Å². The van der Waals surface area contributed by atoms with Gasteiger partial charge in [-0.15, -0.1) is 0 Å². The molecule has 0 heterocycles. The van der Waals surface area contributed by atoms with Crippen LogP contribution in [0.4, 0.5) is 0 Å². The van der Waals surface area contributed by atoms with Crippen molar-refractivity contribution in [2.45, 2.75) is 0 Å². The molecule has 0 atom stereocenters. The lowest BCUT2D eigenvalue weighted by atomic mass is 10.1. The van der Waals surface area contributed by atoms with E-state index in [-0.39, 0.29) is 18.7 Å². The molecule has 7 nitrogen and oxygen atoms in total. The van der Waals surface area contributed by atoms with Crippen molar-refractivity contribution in [1.82, 2.24) is 4.90 Å². The Morgan fingerprint density at radius 3 is 1.90 bits per heavy atom. The van der Waals surface area contributed by atoms with Gasteiger partial charge in [0, 0.05) is 5.56 Å². The van der Waals surface area contributed by atoms with Crippen molar-refractivity contribution < 1.29 is 23.9 Å². The van der Waals surface area contributed by atoms with Gasteiger partial charge in [0.2, 0.25) is 0 Å². The molecule has 110 valence electrons. The Morgan fingerprint density at radius 1 is 1.05 bits per heavy atom. The SMILES string of the molecule is COC(=O)CN(CC(=O)OC)C(=O)c1ccc(C#N)cc1. The van der Waals surface area contributed by atoms with E-state index in [1.807, 2.05) is 6.07 Å². The summed E-state index contributed by atoms with van der Waals surface area (Å²) in [6, 6.07) is 7.77. The summed E-state index contributed by atoms with van der Waals surface area (Å²) in [7, 11) is 2.37. The molecule has 0 saturated heterocycles. The second-order valence-corrected chi connectivity index (χ2v) is 4.00. The van der Waals surface area contributed by atoms with Crippen LogP contribution in [-0.4, -0.2) is 50.1 Å². The molecule has 1 rings (SSSR count). The Hall–Kier alpha value is -2.88. The zero-order valence-electron chi connectivity index (χ0n) is 11.7. The highest BCUT2D eigenvalue weighted by Gasteiger charge is 2.22. The molecule has 0 unspecified atom stereocenters. The molecular weight excluding hydrogens is 276 g/mol. The van der Waals surface area contributed by atoms with Gasteiger partial charge in [0.1, 0.15) is 13.1 Å². The lowest BCUT2D eigenvalue weighted by molar-refractivity contribution is -0.144. The molecule has 0 fully saturated rings. The number of benzene rings is 1. The molecule has 0 aromatic heterocycles. The third-order valence-corrected chi connectivity index (χ3v) is 2.64. The monoisotopic (exact) mass is 290 g/mol. The van der Waals surface area contributed by atoms with Crippen LogP contribution in [0.5, 0.6) is 0 Å². The lowest BCUT2D eigenvalue weighted by Gasteiger charge is -2.20. The lowest BCUT2D eigenvalue weighted by Crippen LogP contribution is -2.40. The maximum absolute atomic E-state index is 12.3. The van der Waals surface area contributed by atoms with Gasteiger partial charge in [-0.3, -0.25) is 14.4 Å². The summed E-state index contributed by atoms with van der Waals surface area (Å²) in [6.45, 7) is -0.741. The minimum Gasteiger partial charge on any atom is -0.468 e. The second kappa shape index (κ2) is 7.65.